The monoisotopic (exact) mass is 384 g/mol. The fourth-order valence-corrected chi connectivity index (χ4v) is 3.00. The number of aryl methyl sites for hydroxylation is 1. The van der Waals surface area contributed by atoms with Crippen LogP contribution >= 0.6 is 11.3 Å². The second kappa shape index (κ2) is 9.00. The maximum Gasteiger partial charge on any atom is 0.286 e. The van der Waals surface area contributed by atoms with Crippen LogP contribution in [0, 0.1) is 5.82 Å². The van der Waals surface area contributed by atoms with Crippen LogP contribution in [-0.2, 0) is 17.8 Å². The van der Waals surface area contributed by atoms with E-state index in [2.05, 4.69) is 20.8 Å². The van der Waals surface area contributed by atoms with E-state index in [0.29, 0.717) is 23.7 Å². The highest BCUT2D eigenvalue weighted by Crippen LogP contribution is 2.14. The van der Waals surface area contributed by atoms with Crippen molar-refractivity contribution in [3.63, 3.8) is 0 Å². The highest BCUT2D eigenvalue weighted by atomic mass is 32.1. The van der Waals surface area contributed by atoms with Crippen molar-refractivity contribution in [2.45, 2.75) is 19.4 Å². The lowest BCUT2D eigenvalue weighted by molar-refractivity contribution is -0.121. The summed E-state index contributed by atoms with van der Waals surface area (Å²) < 4.78 is 12.8. The number of hydrogen-bond donors (Lipinski definition) is 2. The van der Waals surface area contributed by atoms with E-state index < -0.39 is 0 Å². The van der Waals surface area contributed by atoms with Crippen LogP contribution in [0.15, 0.2) is 54.6 Å². The Bertz CT molecular complexity index is 913. The Kier molecular flexibility index (Phi) is 6.22. The minimum atomic E-state index is -0.328. The first kappa shape index (κ1) is 18.7. The van der Waals surface area contributed by atoms with Crippen molar-refractivity contribution in [3.8, 4) is 0 Å². The normalized spacial score (nSPS) is 10.4. The van der Waals surface area contributed by atoms with Crippen LogP contribution in [0.3, 0.4) is 0 Å². The quantitative estimate of drug-likeness (QED) is 0.655. The number of benzene rings is 2. The average Bonchev–Trinajstić information content (AvgIpc) is 3.16. The first-order valence-electron chi connectivity index (χ1n) is 8.30. The Labute approximate surface area is 159 Å². The van der Waals surface area contributed by atoms with Crippen LogP contribution in [0.5, 0.6) is 0 Å². The number of halogens is 1. The highest BCUT2D eigenvalue weighted by Gasteiger charge is 2.14. The Morgan fingerprint density at radius 1 is 1.00 bits per heavy atom. The van der Waals surface area contributed by atoms with Crippen molar-refractivity contribution in [3.05, 3.63) is 76.0 Å². The van der Waals surface area contributed by atoms with Gasteiger partial charge in [-0.25, -0.2) is 4.39 Å². The summed E-state index contributed by atoms with van der Waals surface area (Å²) in [6.45, 7) is 0.333. The molecule has 0 spiro atoms. The van der Waals surface area contributed by atoms with Crippen molar-refractivity contribution in [1.82, 2.24) is 15.5 Å². The van der Waals surface area contributed by atoms with Gasteiger partial charge in [-0.1, -0.05) is 41.7 Å². The average molecular weight is 384 g/mol. The molecule has 0 saturated carbocycles. The first-order valence-corrected chi connectivity index (χ1v) is 9.12. The van der Waals surface area contributed by atoms with E-state index in [1.54, 1.807) is 24.3 Å². The number of carbonyl (C=O) groups is 2. The molecule has 2 amide bonds. The molecule has 0 radical (unpaired) electrons. The largest absolute Gasteiger partial charge is 0.352 e. The van der Waals surface area contributed by atoms with Gasteiger partial charge in [0.05, 0.1) is 0 Å². The van der Waals surface area contributed by atoms with Gasteiger partial charge in [0.15, 0.2) is 0 Å². The van der Waals surface area contributed by atoms with Crippen molar-refractivity contribution in [1.29, 1.82) is 0 Å². The maximum absolute atomic E-state index is 12.8. The minimum absolute atomic E-state index is 0.148. The van der Waals surface area contributed by atoms with Gasteiger partial charge < -0.3 is 10.6 Å². The summed E-state index contributed by atoms with van der Waals surface area (Å²) in [5.74, 6) is -0.788. The van der Waals surface area contributed by atoms with E-state index in [1.807, 2.05) is 18.2 Å². The second-order valence-corrected chi connectivity index (χ2v) is 6.79. The molecule has 8 heteroatoms. The topological polar surface area (TPSA) is 84.0 Å². The van der Waals surface area contributed by atoms with Crippen LogP contribution in [-0.4, -0.2) is 22.0 Å². The van der Waals surface area contributed by atoms with Crippen molar-refractivity contribution in [2.75, 3.05) is 5.32 Å². The molecule has 3 rings (SSSR count). The lowest BCUT2D eigenvalue weighted by Gasteiger charge is -2.04. The van der Waals surface area contributed by atoms with Crippen LogP contribution in [0.1, 0.15) is 26.8 Å². The summed E-state index contributed by atoms with van der Waals surface area (Å²) in [5.41, 5.74) is 1.50. The number of amides is 2. The molecular weight excluding hydrogens is 367 g/mol. The van der Waals surface area contributed by atoms with E-state index >= 15 is 0 Å². The van der Waals surface area contributed by atoms with Crippen molar-refractivity contribution in [2.24, 2.45) is 0 Å². The van der Waals surface area contributed by atoms with Crippen LogP contribution in [0.25, 0.3) is 0 Å². The molecule has 2 aromatic carbocycles. The smallest absolute Gasteiger partial charge is 0.286 e. The fourth-order valence-electron chi connectivity index (χ4n) is 2.26. The van der Waals surface area contributed by atoms with Gasteiger partial charge in [-0.3, -0.25) is 9.59 Å². The third-order valence-corrected chi connectivity index (χ3v) is 4.64. The molecule has 27 heavy (non-hydrogen) atoms. The van der Waals surface area contributed by atoms with E-state index in [1.165, 1.54) is 12.1 Å². The number of para-hydroxylation sites is 1. The third kappa shape index (κ3) is 5.68. The van der Waals surface area contributed by atoms with Crippen LogP contribution in [0.2, 0.25) is 0 Å². The lowest BCUT2D eigenvalue weighted by atomic mass is 10.2. The number of rotatable bonds is 7. The second-order valence-electron chi connectivity index (χ2n) is 5.72. The van der Waals surface area contributed by atoms with Gasteiger partial charge in [0, 0.05) is 25.1 Å². The molecule has 1 aromatic heterocycles. The number of nitrogens with zero attached hydrogens (tertiary/aromatic N) is 2. The Hall–Kier alpha value is -3.13. The molecule has 2 N–H and O–H groups in total. The molecule has 6 nitrogen and oxygen atoms in total. The van der Waals surface area contributed by atoms with Gasteiger partial charge in [0.1, 0.15) is 10.8 Å². The predicted octanol–water partition coefficient (Wildman–Crippen LogP) is 3.18. The standard InChI is InChI=1S/C19H17FN4O2S/c20-14-8-6-13(7-9-14)12-21-16(25)10-11-17-23-24-19(27-17)18(26)22-15-4-2-1-3-5-15/h1-9H,10-12H2,(H,21,25)(H,22,26). The van der Waals surface area contributed by atoms with Crippen LogP contribution < -0.4 is 10.6 Å². The van der Waals surface area contributed by atoms with Gasteiger partial charge >= 0.3 is 0 Å². The predicted molar refractivity (Wildman–Crippen MR) is 101 cm³/mol. The molecule has 0 atom stereocenters. The summed E-state index contributed by atoms with van der Waals surface area (Å²) in [6, 6.07) is 15.0. The van der Waals surface area contributed by atoms with E-state index in [9.17, 15) is 14.0 Å². The summed E-state index contributed by atoms with van der Waals surface area (Å²) in [7, 11) is 0. The molecule has 138 valence electrons. The Morgan fingerprint density at radius 3 is 2.48 bits per heavy atom. The number of anilines is 1. The molecule has 0 unspecified atom stereocenters. The molecule has 0 aliphatic carbocycles. The maximum atomic E-state index is 12.8. The molecule has 0 saturated heterocycles. The van der Waals surface area contributed by atoms with Gasteiger partial charge in [-0.05, 0) is 29.8 Å². The summed E-state index contributed by atoms with van der Waals surface area (Å²) >= 11 is 1.16. The molecule has 0 aliphatic rings. The SMILES string of the molecule is O=C(CCc1nnc(C(=O)Nc2ccccc2)s1)NCc1ccc(F)cc1. The fraction of sp³-hybridized carbons (Fsp3) is 0.158. The number of hydrogen-bond acceptors (Lipinski definition) is 5. The lowest BCUT2D eigenvalue weighted by Crippen LogP contribution is -2.22. The number of aromatic nitrogens is 2. The van der Waals surface area contributed by atoms with E-state index in [-0.39, 0.29) is 29.1 Å². The summed E-state index contributed by atoms with van der Waals surface area (Å²) in [5, 5.41) is 14.2. The van der Waals surface area contributed by atoms with E-state index in [4.69, 9.17) is 0 Å². The Balaban J connectivity index is 1.45. The molecular formula is C19H17FN4O2S. The molecule has 1 heterocycles. The van der Waals surface area contributed by atoms with Crippen molar-refractivity contribution < 1.29 is 14.0 Å². The zero-order chi connectivity index (χ0) is 19.1. The van der Waals surface area contributed by atoms with E-state index in [0.717, 1.165) is 16.9 Å². The minimum Gasteiger partial charge on any atom is -0.352 e. The molecule has 0 bridgehead atoms. The molecule has 0 fully saturated rings. The Morgan fingerprint density at radius 2 is 1.74 bits per heavy atom. The van der Waals surface area contributed by atoms with Crippen molar-refractivity contribution >= 4 is 28.8 Å². The van der Waals surface area contributed by atoms with Gasteiger partial charge in [-0.15, -0.1) is 10.2 Å². The number of carbonyl (C=O) groups excluding carboxylic acids is 2. The zero-order valence-electron chi connectivity index (χ0n) is 14.3. The van der Waals surface area contributed by atoms with Gasteiger partial charge in [0.25, 0.3) is 5.91 Å². The zero-order valence-corrected chi connectivity index (χ0v) is 15.1. The van der Waals surface area contributed by atoms with Gasteiger partial charge in [0.2, 0.25) is 10.9 Å². The summed E-state index contributed by atoms with van der Waals surface area (Å²) in [6.07, 6.45) is 0.627. The first-order chi connectivity index (χ1) is 13.1. The van der Waals surface area contributed by atoms with Gasteiger partial charge in [-0.2, -0.15) is 0 Å². The number of nitrogens with one attached hydrogen (secondary N) is 2. The van der Waals surface area contributed by atoms with Crippen LogP contribution in [0.4, 0.5) is 10.1 Å². The summed E-state index contributed by atoms with van der Waals surface area (Å²) in [4.78, 5) is 24.1. The molecule has 3 aromatic rings. The highest BCUT2D eigenvalue weighted by molar-refractivity contribution is 7.13. The third-order valence-electron chi connectivity index (χ3n) is 3.66. The molecule has 0 aliphatic heterocycles.